The molecule has 0 spiro atoms. The van der Waals surface area contributed by atoms with Gasteiger partial charge in [-0.1, -0.05) is 6.07 Å². The molecule has 20 heavy (non-hydrogen) atoms. The second-order valence-corrected chi connectivity index (χ2v) is 6.05. The lowest BCUT2D eigenvalue weighted by Crippen LogP contribution is -2.38. The molecular formula is C16H22N2O2. The van der Waals surface area contributed by atoms with Gasteiger partial charge in [0.25, 0.3) is 5.91 Å². The molecule has 3 rings (SSSR count). The molecular weight excluding hydrogens is 252 g/mol. The van der Waals surface area contributed by atoms with Gasteiger partial charge in [0, 0.05) is 24.8 Å². The average Bonchev–Trinajstić information content (AvgIpc) is 3.30. The van der Waals surface area contributed by atoms with Gasteiger partial charge in [-0.05, 0) is 49.7 Å². The van der Waals surface area contributed by atoms with Gasteiger partial charge in [0.1, 0.15) is 5.75 Å². The second kappa shape index (κ2) is 5.73. The molecule has 4 nitrogen and oxygen atoms in total. The van der Waals surface area contributed by atoms with Gasteiger partial charge in [-0.2, -0.15) is 0 Å². The molecule has 108 valence electrons. The minimum atomic E-state index is 0.103. The number of amides is 1. The molecule has 1 aromatic carbocycles. The topological polar surface area (TPSA) is 55.6 Å². The molecule has 1 amide bonds. The van der Waals surface area contributed by atoms with Crippen molar-refractivity contribution >= 4 is 11.6 Å². The standard InChI is InChI=1S/C16H22N2O2/c17-14-2-1-3-15(8-14)20-11-16(19)18(9-12-4-5-12)10-13-6-7-13/h1-3,8,12-13H,4-7,9-11,17H2. The van der Waals surface area contributed by atoms with Crippen molar-refractivity contribution < 1.29 is 9.53 Å². The van der Waals surface area contributed by atoms with Crippen molar-refractivity contribution in [3.63, 3.8) is 0 Å². The first-order chi connectivity index (χ1) is 9.70. The van der Waals surface area contributed by atoms with Crippen LogP contribution in [0.4, 0.5) is 5.69 Å². The van der Waals surface area contributed by atoms with E-state index in [-0.39, 0.29) is 12.5 Å². The van der Waals surface area contributed by atoms with E-state index in [2.05, 4.69) is 0 Å². The van der Waals surface area contributed by atoms with E-state index < -0.39 is 0 Å². The van der Waals surface area contributed by atoms with Crippen molar-refractivity contribution in [2.24, 2.45) is 11.8 Å². The number of benzene rings is 1. The van der Waals surface area contributed by atoms with Crippen LogP contribution in [0.5, 0.6) is 5.75 Å². The minimum absolute atomic E-state index is 0.103. The number of carbonyl (C=O) groups excluding carboxylic acids is 1. The first-order valence-corrected chi connectivity index (χ1v) is 7.47. The normalized spacial score (nSPS) is 17.8. The van der Waals surface area contributed by atoms with Crippen molar-refractivity contribution in [1.29, 1.82) is 0 Å². The molecule has 0 unspecified atom stereocenters. The van der Waals surface area contributed by atoms with Crippen molar-refractivity contribution in [1.82, 2.24) is 4.90 Å². The third-order valence-electron chi connectivity index (χ3n) is 3.92. The summed E-state index contributed by atoms with van der Waals surface area (Å²) in [5.74, 6) is 2.22. The van der Waals surface area contributed by atoms with Crippen LogP contribution in [-0.4, -0.2) is 30.5 Å². The van der Waals surface area contributed by atoms with Crippen LogP contribution in [0, 0.1) is 11.8 Å². The van der Waals surface area contributed by atoms with Crippen LogP contribution in [-0.2, 0) is 4.79 Å². The first kappa shape index (κ1) is 13.3. The van der Waals surface area contributed by atoms with E-state index in [0.29, 0.717) is 11.4 Å². The van der Waals surface area contributed by atoms with Gasteiger partial charge in [-0.25, -0.2) is 0 Å². The first-order valence-electron chi connectivity index (χ1n) is 7.47. The number of hydrogen-bond donors (Lipinski definition) is 1. The molecule has 0 aromatic heterocycles. The van der Waals surface area contributed by atoms with Crippen LogP contribution in [0.25, 0.3) is 0 Å². The largest absolute Gasteiger partial charge is 0.484 e. The number of hydrogen-bond acceptors (Lipinski definition) is 3. The molecule has 1 aromatic rings. The summed E-state index contributed by atoms with van der Waals surface area (Å²) < 4.78 is 5.56. The van der Waals surface area contributed by atoms with Crippen molar-refractivity contribution in [3.8, 4) is 5.75 Å². The molecule has 0 aliphatic heterocycles. The van der Waals surface area contributed by atoms with Crippen molar-refractivity contribution in [2.45, 2.75) is 25.7 Å². The van der Waals surface area contributed by atoms with Crippen LogP contribution in [0.2, 0.25) is 0 Å². The van der Waals surface area contributed by atoms with Gasteiger partial charge in [0.15, 0.2) is 6.61 Å². The summed E-state index contributed by atoms with van der Waals surface area (Å²) in [7, 11) is 0. The molecule has 2 saturated carbocycles. The summed E-state index contributed by atoms with van der Waals surface area (Å²) in [5, 5.41) is 0. The molecule has 2 fully saturated rings. The number of nitrogens with zero attached hydrogens (tertiary/aromatic N) is 1. The highest BCUT2D eigenvalue weighted by molar-refractivity contribution is 5.78. The SMILES string of the molecule is Nc1cccc(OCC(=O)N(CC2CC2)CC2CC2)c1. The highest BCUT2D eigenvalue weighted by Gasteiger charge is 2.31. The molecule has 0 heterocycles. The van der Waals surface area contributed by atoms with Gasteiger partial charge in [0.2, 0.25) is 0 Å². The van der Waals surface area contributed by atoms with Crippen molar-refractivity contribution in [3.05, 3.63) is 24.3 Å². The monoisotopic (exact) mass is 274 g/mol. The number of ether oxygens (including phenoxy) is 1. The van der Waals surface area contributed by atoms with Crippen LogP contribution < -0.4 is 10.5 Å². The van der Waals surface area contributed by atoms with Gasteiger partial charge in [-0.15, -0.1) is 0 Å². The summed E-state index contributed by atoms with van der Waals surface area (Å²) in [4.78, 5) is 14.3. The maximum atomic E-state index is 12.3. The Hall–Kier alpha value is -1.71. The average molecular weight is 274 g/mol. The van der Waals surface area contributed by atoms with Gasteiger partial charge < -0.3 is 15.4 Å². The van der Waals surface area contributed by atoms with Crippen LogP contribution >= 0.6 is 0 Å². The molecule has 0 atom stereocenters. The minimum Gasteiger partial charge on any atom is -0.484 e. The third-order valence-corrected chi connectivity index (χ3v) is 3.92. The fourth-order valence-electron chi connectivity index (χ4n) is 2.34. The molecule has 0 saturated heterocycles. The Kier molecular flexibility index (Phi) is 3.81. The zero-order chi connectivity index (χ0) is 13.9. The van der Waals surface area contributed by atoms with E-state index in [1.807, 2.05) is 17.0 Å². The predicted molar refractivity (Wildman–Crippen MR) is 78.4 cm³/mol. The number of nitrogens with two attached hydrogens (primary N) is 1. The Morgan fingerprint density at radius 3 is 2.40 bits per heavy atom. The van der Waals surface area contributed by atoms with Gasteiger partial charge in [0.05, 0.1) is 0 Å². The number of nitrogen functional groups attached to an aromatic ring is 1. The van der Waals surface area contributed by atoms with E-state index in [0.717, 1.165) is 24.9 Å². The molecule has 2 N–H and O–H groups in total. The molecule has 4 heteroatoms. The van der Waals surface area contributed by atoms with Crippen LogP contribution in [0.3, 0.4) is 0 Å². The molecule has 2 aliphatic rings. The lowest BCUT2D eigenvalue weighted by Gasteiger charge is -2.22. The summed E-state index contributed by atoms with van der Waals surface area (Å²) in [6.07, 6.45) is 5.07. The number of carbonyl (C=O) groups is 1. The zero-order valence-electron chi connectivity index (χ0n) is 11.8. The Balaban J connectivity index is 1.52. The van der Waals surface area contributed by atoms with Crippen molar-refractivity contribution in [2.75, 3.05) is 25.4 Å². The van der Waals surface area contributed by atoms with E-state index >= 15 is 0 Å². The maximum absolute atomic E-state index is 12.3. The smallest absolute Gasteiger partial charge is 0.260 e. The Morgan fingerprint density at radius 1 is 1.20 bits per heavy atom. The number of rotatable bonds is 7. The van der Waals surface area contributed by atoms with Crippen LogP contribution in [0.1, 0.15) is 25.7 Å². The molecule has 2 aliphatic carbocycles. The highest BCUT2D eigenvalue weighted by Crippen LogP contribution is 2.33. The maximum Gasteiger partial charge on any atom is 0.260 e. The Bertz CT molecular complexity index is 467. The fourth-order valence-corrected chi connectivity index (χ4v) is 2.34. The van der Waals surface area contributed by atoms with Gasteiger partial charge >= 0.3 is 0 Å². The lowest BCUT2D eigenvalue weighted by atomic mass is 10.3. The zero-order valence-corrected chi connectivity index (χ0v) is 11.8. The third kappa shape index (κ3) is 3.89. The Morgan fingerprint density at radius 2 is 1.85 bits per heavy atom. The van der Waals surface area contributed by atoms with Crippen LogP contribution in [0.15, 0.2) is 24.3 Å². The van der Waals surface area contributed by atoms with Gasteiger partial charge in [-0.3, -0.25) is 4.79 Å². The summed E-state index contributed by atoms with van der Waals surface area (Å²) >= 11 is 0. The van der Waals surface area contributed by atoms with E-state index in [4.69, 9.17) is 10.5 Å². The lowest BCUT2D eigenvalue weighted by molar-refractivity contribution is -0.133. The fraction of sp³-hybridized carbons (Fsp3) is 0.562. The summed E-state index contributed by atoms with van der Waals surface area (Å²) in [6.45, 7) is 1.94. The molecule has 0 bridgehead atoms. The quantitative estimate of drug-likeness (QED) is 0.776. The predicted octanol–water partition coefficient (Wildman–Crippen LogP) is 2.30. The van der Waals surface area contributed by atoms with E-state index in [1.165, 1.54) is 25.7 Å². The summed E-state index contributed by atoms with van der Waals surface area (Å²) in [5.41, 5.74) is 6.35. The number of anilines is 1. The van der Waals surface area contributed by atoms with E-state index in [1.54, 1.807) is 12.1 Å². The van der Waals surface area contributed by atoms with E-state index in [9.17, 15) is 4.79 Å². The second-order valence-electron chi connectivity index (χ2n) is 6.05. The summed E-state index contributed by atoms with van der Waals surface area (Å²) in [6, 6.07) is 7.22. The Labute approximate surface area is 119 Å². The molecule has 0 radical (unpaired) electrons. The highest BCUT2D eigenvalue weighted by atomic mass is 16.5.